The molecule has 0 aromatic heterocycles. The van der Waals surface area contributed by atoms with E-state index in [4.69, 9.17) is 9.84 Å². The van der Waals surface area contributed by atoms with Crippen LogP contribution in [0, 0.1) is 11.8 Å². The normalized spacial score (nSPS) is 23.1. The highest BCUT2D eigenvalue weighted by Gasteiger charge is 2.26. The van der Waals surface area contributed by atoms with E-state index in [0.29, 0.717) is 6.42 Å². The van der Waals surface area contributed by atoms with Gasteiger partial charge in [-0.1, -0.05) is 40.0 Å². The highest BCUT2D eigenvalue weighted by Crippen LogP contribution is 2.29. The van der Waals surface area contributed by atoms with Gasteiger partial charge in [-0.05, 0) is 43.9 Å². The number of carbonyl (C=O) groups excluding carboxylic acids is 1. The lowest BCUT2D eigenvalue weighted by Gasteiger charge is -2.28. The summed E-state index contributed by atoms with van der Waals surface area (Å²) in [5.41, 5.74) is 0. The summed E-state index contributed by atoms with van der Waals surface area (Å²) in [6.07, 6.45) is 7.51. The Morgan fingerprint density at radius 3 is 2.36 bits per heavy atom. The van der Waals surface area contributed by atoms with Crippen LogP contribution in [0.25, 0.3) is 0 Å². The van der Waals surface area contributed by atoms with Gasteiger partial charge in [0.15, 0.2) is 0 Å². The maximum absolute atomic E-state index is 11.9. The Kier molecular flexibility index (Phi) is 8.28. The molecule has 1 saturated carbocycles. The van der Waals surface area contributed by atoms with Crippen LogP contribution in [-0.2, 0) is 9.53 Å². The topological polar surface area (TPSA) is 75.6 Å². The first-order chi connectivity index (χ1) is 10.4. The molecule has 0 radical (unpaired) electrons. The van der Waals surface area contributed by atoms with Gasteiger partial charge in [0.1, 0.15) is 12.1 Å². The van der Waals surface area contributed by atoms with Crippen LogP contribution in [0.4, 0.5) is 4.79 Å². The number of unbranched alkanes of at least 4 members (excludes halogenated alkanes) is 1. The van der Waals surface area contributed by atoms with Crippen LogP contribution in [0.15, 0.2) is 0 Å². The number of carbonyl (C=O) groups is 2. The second-order valence-electron chi connectivity index (χ2n) is 6.85. The molecule has 1 atom stereocenters. The third-order valence-electron chi connectivity index (χ3n) is 4.33. The van der Waals surface area contributed by atoms with Crippen LogP contribution in [0.1, 0.15) is 72.1 Å². The van der Waals surface area contributed by atoms with E-state index >= 15 is 0 Å². The van der Waals surface area contributed by atoms with Crippen molar-refractivity contribution in [3.05, 3.63) is 0 Å². The van der Waals surface area contributed by atoms with E-state index in [0.717, 1.165) is 31.6 Å². The number of hydrogen-bond donors (Lipinski definition) is 2. The lowest BCUT2D eigenvalue weighted by Crippen LogP contribution is -2.43. The summed E-state index contributed by atoms with van der Waals surface area (Å²) >= 11 is 0. The molecular weight excluding hydrogens is 282 g/mol. The van der Waals surface area contributed by atoms with E-state index in [2.05, 4.69) is 12.2 Å². The van der Waals surface area contributed by atoms with E-state index in [9.17, 15) is 9.59 Å². The Morgan fingerprint density at radius 2 is 1.86 bits per heavy atom. The summed E-state index contributed by atoms with van der Waals surface area (Å²) in [5.74, 6) is -0.0418. The number of carboxylic acid groups (broad SMARTS) is 1. The van der Waals surface area contributed by atoms with Crippen molar-refractivity contribution in [1.82, 2.24) is 5.32 Å². The first-order valence-corrected chi connectivity index (χ1v) is 8.62. The van der Waals surface area contributed by atoms with Gasteiger partial charge < -0.3 is 15.2 Å². The van der Waals surface area contributed by atoms with Gasteiger partial charge in [-0.15, -0.1) is 0 Å². The van der Waals surface area contributed by atoms with Crippen LogP contribution < -0.4 is 5.32 Å². The van der Waals surface area contributed by atoms with Crippen molar-refractivity contribution in [1.29, 1.82) is 0 Å². The molecule has 0 spiro atoms. The van der Waals surface area contributed by atoms with E-state index < -0.39 is 18.1 Å². The van der Waals surface area contributed by atoms with Crippen LogP contribution in [0.5, 0.6) is 0 Å². The Balaban J connectivity index is 2.31. The van der Waals surface area contributed by atoms with E-state index in [1.165, 1.54) is 19.3 Å². The third kappa shape index (κ3) is 7.14. The first-order valence-electron chi connectivity index (χ1n) is 8.62. The third-order valence-corrected chi connectivity index (χ3v) is 4.33. The van der Waals surface area contributed by atoms with Gasteiger partial charge >= 0.3 is 12.1 Å². The Morgan fingerprint density at radius 1 is 1.23 bits per heavy atom. The number of alkyl carbamates (subject to hydrolysis) is 1. The monoisotopic (exact) mass is 313 g/mol. The van der Waals surface area contributed by atoms with Crippen molar-refractivity contribution in [3.63, 3.8) is 0 Å². The molecule has 0 aromatic carbocycles. The van der Waals surface area contributed by atoms with Crippen molar-refractivity contribution >= 4 is 12.1 Å². The van der Waals surface area contributed by atoms with Gasteiger partial charge in [0.25, 0.3) is 0 Å². The maximum atomic E-state index is 11.9. The molecular formula is C17H31NO4. The predicted octanol–water partition coefficient (Wildman–Crippen LogP) is 3.96. The Labute approximate surface area is 133 Å². The van der Waals surface area contributed by atoms with Crippen molar-refractivity contribution in [2.24, 2.45) is 11.8 Å². The van der Waals surface area contributed by atoms with Crippen LogP contribution in [-0.4, -0.2) is 29.3 Å². The standard InChI is InChI=1S/C17H31NO4/c1-4-5-6-13-7-9-14(10-8-13)22-17(21)18-15(16(19)20)11-12(2)3/h12-15H,4-11H2,1-3H3,(H,18,21)(H,19,20). The molecule has 1 unspecified atom stereocenters. The predicted molar refractivity (Wildman–Crippen MR) is 85.8 cm³/mol. The summed E-state index contributed by atoms with van der Waals surface area (Å²) < 4.78 is 5.39. The number of hydrogen-bond acceptors (Lipinski definition) is 3. The second kappa shape index (κ2) is 9.70. The zero-order chi connectivity index (χ0) is 16.5. The summed E-state index contributed by atoms with van der Waals surface area (Å²) in [4.78, 5) is 23.0. The average Bonchev–Trinajstić information content (AvgIpc) is 2.45. The molecule has 22 heavy (non-hydrogen) atoms. The summed E-state index contributed by atoms with van der Waals surface area (Å²) in [7, 11) is 0. The second-order valence-corrected chi connectivity index (χ2v) is 6.85. The number of aliphatic carboxylic acids is 1. The van der Waals surface area contributed by atoms with Gasteiger partial charge in [-0.3, -0.25) is 0 Å². The van der Waals surface area contributed by atoms with Gasteiger partial charge in [0.05, 0.1) is 0 Å². The first kappa shape index (κ1) is 18.8. The molecule has 1 aliphatic rings. The van der Waals surface area contributed by atoms with Gasteiger partial charge in [0.2, 0.25) is 0 Å². The number of amides is 1. The lowest BCUT2D eigenvalue weighted by molar-refractivity contribution is -0.139. The van der Waals surface area contributed by atoms with Crippen molar-refractivity contribution in [3.8, 4) is 0 Å². The minimum atomic E-state index is -1.01. The molecule has 5 nitrogen and oxygen atoms in total. The zero-order valence-corrected chi connectivity index (χ0v) is 14.1. The van der Waals surface area contributed by atoms with Crippen LogP contribution in [0.2, 0.25) is 0 Å². The molecule has 128 valence electrons. The lowest BCUT2D eigenvalue weighted by atomic mass is 9.84. The fourth-order valence-electron chi connectivity index (χ4n) is 3.05. The fraction of sp³-hybridized carbons (Fsp3) is 0.882. The summed E-state index contributed by atoms with van der Waals surface area (Å²) in [6.45, 7) is 6.07. The van der Waals surface area contributed by atoms with Crippen molar-refractivity contribution < 1.29 is 19.4 Å². The SMILES string of the molecule is CCCCC1CCC(OC(=O)NC(CC(C)C)C(=O)O)CC1. The quantitative estimate of drug-likeness (QED) is 0.711. The Hall–Kier alpha value is -1.26. The van der Waals surface area contributed by atoms with Gasteiger partial charge in [-0.25, -0.2) is 9.59 Å². The summed E-state index contributed by atoms with van der Waals surface area (Å²) in [5, 5.41) is 11.6. The summed E-state index contributed by atoms with van der Waals surface area (Å²) in [6, 6.07) is -0.867. The molecule has 0 aromatic rings. The zero-order valence-electron chi connectivity index (χ0n) is 14.1. The maximum Gasteiger partial charge on any atom is 0.408 e. The van der Waals surface area contributed by atoms with E-state index in [1.807, 2.05) is 13.8 Å². The highest BCUT2D eigenvalue weighted by molar-refractivity contribution is 5.79. The minimum absolute atomic E-state index is 0.0635. The van der Waals surface area contributed by atoms with Crippen molar-refractivity contribution in [2.75, 3.05) is 0 Å². The molecule has 0 saturated heterocycles. The molecule has 0 heterocycles. The minimum Gasteiger partial charge on any atom is -0.480 e. The molecule has 1 rings (SSSR count). The Bertz CT molecular complexity index is 349. The number of ether oxygens (including phenoxy) is 1. The number of nitrogens with one attached hydrogen (secondary N) is 1. The molecule has 1 fully saturated rings. The number of rotatable bonds is 8. The molecule has 1 aliphatic carbocycles. The average molecular weight is 313 g/mol. The van der Waals surface area contributed by atoms with Crippen LogP contribution >= 0.6 is 0 Å². The largest absolute Gasteiger partial charge is 0.480 e. The highest BCUT2D eigenvalue weighted by atomic mass is 16.6. The van der Waals surface area contributed by atoms with Gasteiger partial charge in [0, 0.05) is 0 Å². The molecule has 2 N–H and O–H groups in total. The fourth-order valence-corrected chi connectivity index (χ4v) is 3.05. The molecule has 0 aliphatic heterocycles. The molecule has 1 amide bonds. The van der Waals surface area contributed by atoms with Crippen LogP contribution in [0.3, 0.4) is 0 Å². The number of carboxylic acids is 1. The van der Waals surface area contributed by atoms with Crippen molar-refractivity contribution in [2.45, 2.75) is 84.3 Å². The molecule has 0 bridgehead atoms. The van der Waals surface area contributed by atoms with E-state index in [-0.39, 0.29) is 12.0 Å². The van der Waals surface area contributed by atoms with Gasteiger partial charge in [-0.2, -0.15) is 0 Å². The molecule has 5 heteroatoms. The smallest absolute Gasteiger partial charge is 0.408 e. The van der Waals surface area contributed by atoms with E-state index in [1.54, 1.807) is 0 Å².